The van der Waals surface area contributed by atoms with E-state index in [1.165, 1.54) is 12.1 Å². The van der Waals surface area contributed by atoms with Gasteiger partial charge >= 0.3 is 0 Å². The topological polar surface area (TPSA) is 67.4 Å². The molecule has 136 valence electrons. The van der Waals surface area contributed by atoms with E-state index in [2.05, 4.69) is 10.6 Å². The van der Waals surface area contributed by atoms with Crippen LogP contribution in [0.5, 0.6) is 5.75 Å². The van der Waals surface area contributed by atoms with Crippen molar-refractivity contribution in [3.8, 4) is 5.75 Å². The van der Waals surface area contributed by atoms with Gasteiger partial charge in [0.15, 0.2) is 0 Å². The molecular weight excluding hydrogens is 335 g/mol. The molecule has 0 spiro atoms. The van der Waals surface area contributed by atoms with Crippen molar-refractivity contribution in [1.29, 1.82) is 0 Å². The van der Waals surface area contributed by atoms with Crippen LogP contribution in [0, 0.1) is 5.82 Å². The first-order chi connectivity index (χ1) is 12.6. The van der Waals surface area contributed by atoms with Crippen molar-refractivity contribution < 1.29 is 18.7 Å². The van der Waals surface area contributed by atoms with Crippen LogP contribution in [-0.4, -0.2) is 24.5 Å². The molecule has 3 rings (SSSR count). The Morgan fingerprint density at radius 2 is 1.81 bits per heavy atom. The van der Waals surface area contributed by atoms with Crippen LogP contribution in [-0.2, 0) is 4.79 Å². The maximum atomic E-state index is 12.8. The summed E-state index contributed by atoms with van der Waals surface area (Å²) in [4.78, 5) is 24.4. The number of nitrogens with one attached hydrogen (secondary N) is 2. The van der Waals surface area contributed by atoms with E-state index in [1.807, 2.05) is 0 Å². The zero-order valence-corrected chi connectivity index (χ0v) is 14.3. The first-order valence-electron chi connectivity index (χ1n) is 8.70. The van der Waals surface area contributed by atoms with E-state index >= 15 is 0 Å². The third-order valence-electron chi connectivity index (χ3n) is 3.99. The second-order valence-corrected chi connectivity index (χ2v) is 6.25. The molecule has 0 bridgehead atoms. The average molecular weight is 356 g/mol. The molecule has 1 fully saturated rings. The second-order valence-electron chi connectivity index (χ2n) is 6.25. The summed E-state index contributed by atoms with van der Waals surface area (Å²) in [6, 6.07) is 13.0. The van der Waals surface area contributed by atoms with Crippen molar-refractivity contribution in [3.63, 3.8) is 0 Å². The molecule has 0 aliphatic heterocycles. The number of anilines is 1. The molecule has 2 aromatic rings. The summed E-state index contributed by atoms with van der Waals surface area (Å²) in [6.45, 7) is 0.350. The quantitative estimate of drug-likeness (QED) is 0.711. The molecule has 2 N–H and O–H groups in total. The highest BCUT2D eigenvalue weighted by Crippen LogP contribution is 2.21. The smallest absolute Gasteiger partial charge is 0.253 e. The summed E-state index contributed by atoms with van der Waals surface area (Å²) >= 11 is 0. The van der Waals surface area contributed by atoms with Crippen molar-refractivity contribution >= 4 is 17.5 Å². The minimum absolute atomic E-state index is 0.164. The summed E-state index contributed by atoms with van der Waals surface area (Å²) in [5, 5.41) is 5.71. The Labute approximate surface area is 151 Å². The van der Waals surface area contributed by atoms with Gasteiger partial charge in [0, 0.05) is 12.5 Å². The summed E-state index contributed by atoms with van der Waals surface area (Å²) in [7, 11) is 0. The molecule has 6 heteroatoms. The number of carbonyl (C=O) groups excluding carboxylic acids is 2. The number of hydrogen-bond donors (Lipinski definition) is 2. The van der Waals surface area contributed by atoms with Gasteiger partial charge in [-0.25, -0.2) is 4.39 Å². The van der Waals surface area contributed by atoms with Gasteiger partial charge < -0.3 is 15.4 Å². The lowest BCUT2D eigenvalue weighted by Crippen LogP contribution is -2.27. The Hall–Kier alpha value is -2.89. The molecule has 0 unspecified atom stereocenters. The van der Waals surface area contributed by atoms with Crippen molar-refractivity contribution in [2.75, 3.05) is 11.9 Å². The SMILES string of the molecule is O=C(CCCOc1ccc(F)cc1)Nc1ccccc1C(=O)NC1CC1. The van der Waals surface area contributed by atoms with Crippen LogP contribution in [0.1, 0.15) is 36.0 Å². The molecule has 0 aromatic heterocycles. The van der Waals surface area contributed by atoms with Gasteiger partial charge in [0.2, 0.25) is 5.91 Å². The van der Waals surface area contributed by atoms with Gasteiger partial charge in [-0.05, 0) is 55.7 Å². The van der Waals surface area contributed by atoms with E-state index in [0.29, 0.717) is 30.0 Å². The minimum Gasteiger partial charge on any atom is -0.494 e. The second kappa shape index (κ2) is 8.47. The monoisotopic (exact) mass is 356 g/mol. The molecule has 2 amide bonds. The van der Waals surface area contributed by atoms with Crippen LogP contribution >= 0.6 is 0 Å². The van der Waals surface area contributed by atoms with E-state index in [4.69, 9.17) is 4.74 Å². The molecule has 26 heavy (non-hydrogen) atoms. The first kappa shape index (κ1) is 17.9. The number of hydrogen-bond acceptors (Lipinski definition) is 3. The molecule has 1 aliphatic carbocycles. The van der Waals surface area contributed by atoms with E-state index in [1.54, 1.807) is 36.4 Å². The molecule has 0 radical (unpaired) electrons. The highest BCUT2D eigenvalue weighted by molar-refractivity contribution is 6.03. The average Bonchev–Trinajstić information content (AvgIpc) is 3.44. The fourth-order valence-electron chi connectivity index (χ4n) is 2.45. The molecular formula is C20H21FN2O3. The molecule has 0 heterocycles. The van der Waals surface area contributed by atoms with Crippen LogP contribution in [0.25, 0.3) is 0 Å². The maximum absolute atomic E-state index is 12.8. The third-order valence-corrected chi connectivity index (χ3v) is 3.99. The summed E-state index contributed by atoms with van der Waals surface area (Å²) in [5.41, 5.74) is 0.977. The van der Waals surface area contributed by atoms with Gasteiger partial charge in [0.1, 0.15) is 11.6 Å². The maximum Gasteiger partial charge on any atom is 0.253 e. The number of benzene rings is 2. The van der Waals surface area contributed by atoms with Gasteiger partial charge in [-0.3, -0.25) is 9.59 Å². The number of ether oxygens (including phenoxy) is 1. The van der Waals surface area contributed by atoms with E-state index in [-0.39, 0.29) is 30.1 Å². The zero-order chi connectivity index (χ0) is 18.4. The number of carbonyl (C=O) groups is 2. The molecule has 5 nitrogen and oxygen atoms in total. The largest absolute Gasteiger partial charge is 0.494 e. The zero-order valence-electron chi connectivity index (χ0n) is 14.3. The summed E-state index contributed by atoms with van der Waals surface area (Å²) in [5.74, 6) is -0.0996. The van der Waals surface area contributed by atoms with Crippen molar-refractivity contribution in [3.05, 3.63) is 59.9 Å². The fourth-order valence-corrected chi connectivity index (χ4v) is 2.45. The Kier molecular flexibility index (Phi) is 5.84. The predicted molar refractivity (Wildman–Crippen MR) is 96.7 cm³/mol. The molecule has 0 saturated heterocycles. The van der Waals surface area contributed by atoms with Crippen LogP contribution in [0.15, 0.2) is 48.5 Å². The molecule has 0 atom stereocenters. The lowest BCUT2D eigenvalue weighted by molar-refractivity contribution is -0.116. The Bertz CT molecular complexity index is 773. The summed E-state index contributed by atoms with van der Waals surface area (Å²) < 4.78 is 18.3. The first-order valence-corrected chi connectivity index (χ1v) is 8.70. The molecule has 2 aromatic carbocycles. The van der Waals surface area contributed by atoms with Crippen LogP contribution in [0.2, 0.25) is 0 Å². The predicted octanol–water partition coefficient (Wildman–Crippen LogP) is 3.52. The van der Waals surface area contributed by atoms with E-state index < -0.39 is 0 Å². The lowest BCUT2D eigenvalue weighted by atomic mass is 10.1. The Morgan fingerprint density at radius 3 is 2.54 bits per heavy atom. The Morgan fingerprint density at radius 1 is 1.08 bits per heavy atom. The standard InChI is InChI=1S/C20H21FN2O3/c21-14-7-11-16(12-8-14)26-13-3-6-19(24)23-18-5-2-1-4-17(18)20(25)22-15-9-10-15/h1-2,4-5,7-8,11-12,15H,3,6,9-10,13H2,(H,22,25)(H,23,24). The normalized spacial score (nSPS) is 13.1. The van der Waals surface area contributed by atoms with Crippen LogP contribution < -0.4 is 15.4 Å². The number of para-hydroxylation sites is 1. The van der Waals surface area contributed by atoms with Gasteiger partial charge in [-0.15, -0.1) is 0 Å². The van der Waals surface area contributed by atoms with Crippen molar-refractivity contribution in [1.82, 2.24) is 5.32 Å². The molecule has 1 saturated carbocycles. The van der Waals surface area contributed by atoms with Gasteiger partial charge in [-0.1, -0.05) is 12.1 Å². The van der Waals surface area contributed by atoms with E-state index in [9.17, 15) is 14.0 Å². The highest BCUT2D eigenvalue weighted by Gasteiger charge is 2.24. The number of rotatable bonds is 8. The third kappa shape index (κ3) is 5.31. The highest BCUT2D eigenvalue weighted by atomic mass is 19.1. The summed E-state index contributed by atoms with van der Waals surface area (Å²) in [6.07, 6.45) is 2.79. The van der Waals surface area contributed by atoms with Gasteiger partial charge in [0.25, 0.3) is 5.91 Å². The van der Waals surface area contributed by atoms with Crippen LogP contribution in [0.4, 0.5) is 10.1 Å². The van der Waals surface area contributed by atoms with Gasteiger partial charge in [0.05, 0.1) is 17.9 Å². The fraction of sp³-hybridized carbons (Fsp3) is 0.300. The lowest BCUT2D eigenvalue weighted by Gasteiger charge is -2.11. The van der Waals surface area contributed by atoms with Gasteiger partial charge in [-0.2, -0.15) is 0 Å². The van der Waals surface area contributed by atoms with Crippen molar-refractivity contribution in [2.45, 2.75) is 31.7 Å². The Balaban J connectivity index is 1.45. The molecule has 1 aliphatic rings. The van der Waals surface area contributed by atoms with Crippen molar-refractivity contribution in [2.24, 2.45) is 0 Å². The van der Waals surface area contributed by atoms with Crippen LogP contribution in [0.3, 0.4) is 0 Å². The number of halogens is 1. The minimum atomic E-state index is -0.318. The van der Waals surface area contributed by atoms with E-state index in [0.717, 1.165) is 12.8 Å². The number of amides is 2.